The first-order valence-corrected chi connectivity index (χ1v) is 23.2. The first-order chi connectivity index (χ1) is 31.7. The van der Waals surface area contributed by atoms with Crippen molar-refractivity contribution in [2.24, 2.45) is 39.6 Å². The predicted molar refractivity (Wildman–Crippen MR) is 249 cm³/mol. The number of aromatic nitrogens is 1. The molecule has 360 valence electrons. The minimum Gasteiger partial charge on any atom is -0.507 e. The fourth-order valence-electron chi connectivity index (χ4n) is 9.92. The van der Waals surface area contributed by atoms with Crippen molar-refractivity contribution in [1.82, 2.24) is 4.90 Å². The van der Waals surface area contributed by atoms with Crippen LogP contribution in [0.1, 0.15) is 84.2 Å². The number of phenols is 2. The number of nitrogens with one attached hydrogen (secondary N) is 1. The molecule has 1 amide bonds. The van der Waals surface area contributed by atoms with Crippen molar-refractivity contribution in [3.05, 3.63) is 88.6 Å². The molecular formula is C51H66N5O11+. The molecule has 8 rings (SSSR count). The Hall–Kier alpha value is -5.68. The van der Waals surface area contributed by atoms with Gasteiger partial charge in [0.15, 0.2) is 18.1 Å². The summed E-state index contributed by atoms with van der Waals surface area (Å²) >= 11 is 0. The number of anilines is 1. The molecule has 67 heavy (non-hydrogen) atoms. The number of carbonyl (C=O) groups excluding carboxylic acids is 3. The molecule has 1 saturated heterocycles. The molecule has 3 aromatic rings. The van der Waals surface area contributed by atoms with Crippen molar-refractivity contribution in [3.8, 4) is 17.2 Å². The number of methoxy groups -OCH3 is 1. The van der Waals surface area contributed by atoms with Crippen molar-refractivity contribution in [2.45, 2.75) is 118 Å². The third-order valence-electron chi connectivity index (χ3n) is 14.0. The lowest BCUT2D eigenvalue weighted by molar-refractivity contribution is -0.686. The number of phenolic OH excluding ortho intramolecular Hbond substituents is 2. The van der Waals surface area contributed by atoms with E-state index < -0.39 is 82.9 Å². The number of nitrogens with zero attached hydrogens (tertiary/aromatic N) is 4. The molecule has 6 heterocycles. The van der Waals surface area contributed by atoms with E-state index in [0.29, 0.717) is 24.4 Å². The minimum atomic E-state index is -1.98. The molecular weight excluding hydrogens is 859 g/mol. The normalized spacial score (nSPS) is 30.7. The number of pyridine rings is 1. The van der Waals surface area contributed by atoms with Crippen LogP contribution in [-0.4, -0.2) is 106 Å². The van der Waals surface area contributed by atoms with E-state index in [4.69, 9.17) is 23.9 Å². The van der Waals surface area contributed by atoms with Gasteiger partial charge in [-0.25, -0.2) is 9.79 Å². The number of aliphatic hydroxyl groups is 2. The molecule has 16 heteroatoms. The zero-order chi connectivity index (χ0) is 48.7. The number of esters is 1. The van der Waals surface area contributed by atoms with E-state index in [2.05, 4.69) is 29.1 Å². The largest absolute Gasteiger partial charge is 0.507 e. The average Bonchev–Trinajstić information content (AvgIpc) is 3.80. The molecule has 0 radical (unpaired) electrons. The second-order valence-corrected chi connectivity index (χ2v) is 19.4. The Kier molecular flexibility index (Phi) is 14.3. The second-order valence-electron chi connectivity index (χ2n) is 19.4. The molecule has 16 nitrogen and oxygen atoms in total. The summed E-state index contributed by atoms with van der Waals surface area (Å²) in [4.78, 5) is 54.3. The van der Waals surface area contributed by atoms with Gasteiger partial charge in [-0.2, -0.15) is 4.57 Å². The number of benzene rings is 2. The molecule has 9 atom stereocenters. The summed E-state index contributed by atoms with van der Waals surface area (Å²) in [7, 11) is 1.48. The van der Waals surface area contributed by atoms with Gasteiger partial charge in [-0.3, -0.25) is 14.6 Å². The summed E-state index contributed by atoms with van der Waals surface area (Å²) in [5.41, 5.74) is -0.144. The molecule has 0 saturated carbocycles. The number of aliphatic hydroxyl groups excluding tert-OH is 2. The van der Waals surface area contributed by atoms with Crippen LogP contribution in [0.4, 0.5) is 5.69 Å². The Balaban J connectivity index is 1.36. The number of ether oxygens (including phenoxy) is 4. The molecule has 5 N–H and O–H groups in total. The van der Waals surface area contributed by atoms with Crippen LogP contribution in [0, 0.1) is 36.5 Å². The molecule has 2 aromatic carbocycles. The quantitative estimate of drug-likeness (QED) is 0.129. The molecule has 0 unspecified atom stereocenters. The Morgan fingerprint density at radius 2 is 1.64 bits per heavy atom. The average molecular weight is 925 g/mol. The molecule has 5 aliphatic heterocycles. The van der Waals surface area contributed by atoms with Crippen LogP contribution >= 0.6 is 0 Å². The van der Waals surface area contributed by atoms with E-state index in [9.17, 15) is 34.8 Å². The number of likely N-dealkylation sites (tertiary alicyclic amines) is 1. The fraction of sp³-hybridized carbons (Fsp3) is 0.529. The van der Waals surface area contributed by atoms with Crippen LogP contribution in [0.3, 0.4) is 0 Å². The number of aromatic hydroxyl groups is 2. The van der Waals surface area contributed by atoms with Crippen LogP contribution in [0.2, 0.25) is 0 Å². The number of rotatable bonds is 6. The van der Waals surface area contributed by atoms with E-state index in [1.54, 1.807) is 94.9 Å². The number of piperidine rings is 1. The van der Waals surface area contributed by atoms with Gasteiger partial charge < -0.3 is 49.6 Å². The van der Waals surface area contributed by atoms with Gasteiger partial charge in [0.2, 0.25) is 6.54 Å². The van der Waals surface area contributed by atoms with E-state index >= 15 is 0 Å². The first-order valence-electron chi connectivity index (χ1n) is 23.2. The van der Waals surface area contributed by atoms with Gasteiger partial charge in [-0.05, 0) is 25.8 Å². The van der Waals surface area contributed by atoms with Crippen LogP contribution in [0.25, 0.3) is 10.8 Å². The highest BCUT2D eigenvalue weighted by atomic mass is 16.7. The smallest absolute Gasteiger partial charge is 0.372 e. The topological polar surface area (TPSA) is 213 Å². The maximum Gasteiger partial charge on any atom is 0.372 e. The Morgan fingerprint density at radius 3 is 2.30 bits per heavy atom. The molecule has 1 fully saturated rings. The zero-order valence-electron chi connectivity index (χ0n) is 40.1. The van der Waals surface area contributed by atoms with Gasteiger partial charge in [0.05, 0.1) is 41.2 Å². The lowest BCUT2D eigenvalue weighted by Crippen LogP contribution is -2.48. The van der Waals surface area contributed by atoms with Gasteiger partial charge in [0, 0.05) is 98.8 Å². The van der Waals surface area contributed by atoms with E-state index in [1.165, 1.54) is 20.3 Å². The second kappa shape index (κ2) is 19.5. The zero-order valence-corrected chi connectivity index (χ0v) is 40.1. The number of ketones is 1. The van der Waals surface area contributed by atoms with Crippen LogP contribution in [0.15, 0.2) is 76.7 Å². The third kappa shape index (κ3) is 9.58. The first kappa shape index (κ1) is 49.2. The van der Waals surface area contributed by atoms with Crippen molar-refractivity contribution < 1.29 is 58.3 Å². The van der Waals surface area contributed by atoms with E-state index in [0.717, 1.165) is 19.6 Å². The number of Topliss-reactive ketones (excluding diaryl/α,β-unsaturated/α-hetero) is 1. The molecule has 1 aromatic heterocycles. The number of hydrogen-bond acceptors (Lipinski definition) is 14. The van der Waals surface area contributed by atoms with Crippen molar-refractivity contribution in [3.63, 3.8) is 0 Å². The molecule has 0 aliphatic carbocycles. The monoisotopic (exact) mass is 924 g/mol. The van der Waals surface area contributed by atoms with Gasteiger partial charge in [-0.15, -0.1) is 0 Å². The summed E-state index contributed by atoms with van der Waals surface area (Å²) in [6.45, 7) is 18.2. The highest BCUT2D eigenvalue weighted by Gasteiger charge is 2.51. The highest BCUT2D eigenvalue weighted by Crippen LogP contribution is 2.51. The van der Waals surface area contributed by atoms with Crippen LogP contribution < -0.4 is 25.3 Å². The summed E-state index contributed by atoms with van der Waals surface area (Å²) in [5.74, 6) is -6.79. The van der Waals surface area contributed by atoms with E-state index in [-0.39, 0.29) is 56.2 Å². The lowest BCUT2D eigenvalue weighted by atomic mass is 9.78. The predicted octanol–water partition coefficient (Wildman–Crippen LogP) is 4.72. The van der Waals surface area contributed by atoms with Gasteiger partial charge in [0.1, 0.15) is 34.0 Å². The number of hydrogen-bond donors (Lipinski definition) is 5. The highest BCUT2D eigenvalue weighted by molar-refractivity contribution is 6.21. The van der Waals surface area contributed by atoms with Crippen molar-refractivity contribution >= 4 is 34.1 Å². The van der Waals surface area contributed by atoms with Crippen LogP contribution in [-0.2, 0) is 30.3 Å². The molecule has 1 spiro atoms. The summed E-state index contributed by atoms with van der Waals surface area (Å²) in [6, 6.07) is 5.42. The summed E-state index contributed by atoms with van der Waals surface area (Å²) in [5, 5.41) is 51.2. The van der Waals surface area contributed by atoms with Gasteiger partial charge in [-0.1, -0.05) is 65.8 Å². The lowest BCUT2D eigenvalue weighted by Gasteiger charge is -2.38. The van der Waals surface area contributed by atoms with Crippen molar-refractivity contribution in [2.75, 3.05) is 32.1 Å². The number of fused-ring (bicyclic) bond motifs is 13. The SMILES string of the molecule is CO[C@H]1/C=C/O[C@@]2(C)Oc3c(C)c(O)c4c(O)c(c5c(c4c3C2=O)NC2(CCN(CC(C)C)CC2)N=5)=NC(=O)/C(C)=C\C=C\[C@H](C)[C@H](O)[C@@H](C)[C@@H](O)[C@@H](C)[C@H](OC(=O)C[n+]2ccccc2)[C@@H]1C. The Labute approximate surface area is 391 Å². The number of amides is 1. The maximum atomic E-state index is 14.9. The Morgan fingerprint density at radius 1 is 0.955 bits per heavy atom. The number of allylic oxidation sites excluding steroid dienone is 2. The summed E-state index contributed by atoms with van der Waals surface area (Å²) in [6.07, 6.45) is 8.38. The Bertz CT molecular complexity index is 2620. The maximum absolute atomic E-state index is 14.9. The minimum absolute atomic E-state index is 0.0476. The standard InChI is InChI=1S/C51H65N5O11/c1-27(2)25-56-22-18-51(19-23-56)53-39-36-37-44(60)33(8)47-38(36)48(62)50(9,67-47)65-24-17-34(64-10)30(5)46(66-35(57)26-55-20-12-11-13-21-55)32(7)43(59)31(6)42(58)28(3)15-14-16-29(4)49(63)52-41(45(37)61)40(39)54-51/h11-17,20-21,24,27-28,30-32,34,42-43,46,58-59H,18-19,22-23,25-26H2,1-10H3,(H2-,52,53,54,60,61,62,63)/p+1/b15-14+,24-17+,29-16-/t28-,30+,31+,32+,34-,42-,43+,46+,50-/m0/s1. The van der Waals surface area contributed by atoms with Crippen LogP contribution in [0.5, 0.6) is 17.2 Å². The summed E-state index contributed by atoms with van der Waals surface area (Å²) < 4.78 is 26.3. The van der Waals surface area contributed by atoms with Gasteiger partial charge >= 0.3 is 11.8 Å². The van der Waals surface area contributed by atoms with Gasteiger partial charge in [0.25, 0.3) is 11.7 Å². The van der Waals surface area contributed by atoms with E-state index in [1.807, 2.05) is 6.07 Å². The third-order valence-corrected chi connectivity index (χ3v) is 14.0. The van der Waals surface area contributed by atoms with Crippen molar-refractivity contribution in [1.29, 1.82) is 0 Å². The number of carbonyl (C=O) groups is 3. The molecule has 5 bridgehead atoms. The fourth-order valence-corrected chi connectivity index (χ4v) is 9.92. The molecule has 5 aliphatic rings.